The van der Waals surface area contributed by atoms with Gasteiger partial charge in [0.05, 0.1) is 0 Å². The van der Waals surface area contributed by atoms with Gasteiger partial charge in [0.2, 0.25) is 0 Å². The van der Waals surface area contributed by atoms with Crippen LogP contribution in [0.25, 0.3) is 11.1 Å². The Bertz CT molecular complexity index is 623. The molecule has 0 radical (unpaired) electrons. The second-order valence-corrected chi connectivity index (χ2v) is 5.90. The van der Waals surface area contributed by atoms with Gasteiger partial charge in [-0.15, -0.1) is 0 Å². The number of hydrogen-bond acceptors (Lipinski definition) is 0. The Balaban J connectivity index is 1.97. The SMILES string of the molecule is Cc1ccc(C2=CCC(C)C=C2)cc1C1=CCCC=C1. The van der Waals surface area contributed by atoms with E-state index in [0.29, 0.717) is 5.92 Å². The summed E-state index contributed by atoms with van der Waals surface area (Å²) >= 11 is 0. The molecule has 0 amide bonds. The Morgan fingerprint density at radius 1 is 1.00 bits per heavy atom. The van der Waals surface area contributed by atoms with Crippen LogP contribution in [0.5, 0.6) is 0 Å². The van der Waals surface area contributed by atoms with E-state index in [1.165, 1.54) is 34.3 Å². The predicted octanol–water partition coefficient (Wildman–Crippen LogP) is 5.71. The average Bonchev–Trinajstić information content (AvgIpc) is 2.50. The molecular formula is C20H22. The van der Waals surface area contributed by atoms with Gasteiger partial charge in [0.15, 0.2) is 0 Å². The molecule has 0 heteroatoms. The lowest BCUT2D eigenvalue weighted by Crippen LogP contribution is -1.96. The van der Waals surface area contributed by atoms with Crippen LogP contribution >= 0.6 is 0 Å². The zero-order chi connectivity index (χ0) is 13.9. The lowest BCUT2D eigenvalue weighted by Gasteiger charge is -2.15. The first-order valence-corrected chi connectivity index (χ1v) is 7.60. The van der Waals surface area contributed by atoms with Gasteiger partial charge in [0.1, 0.15) is 0 Å². The Labute approximate surface area is 122 Å². The topological polar surface area (TPSA) is 0 Å². The van der Waals surface area contributed by atoms with Crippen molar-refractivity contribution in [2.45, 2.75) is 33.1 Å². The molecule has 0 saturated heterocycles. The fraction of sp³-hybridized carbons (Fsp3) is 0.300. The molecule has 3 rings (SSSR count). The number of allylic oxidation sites excluding steroid dienone is 8. The normalized spacial score (nSPS) is 21.6. The van der Waals surface area contributed by atoms with E-state index >= 15 is 0 Å². The molecule has 0 heterocycles. The van der Waals surface area contributed by atoms with Crippen molar-refractivity contribution in [1.29, 1.82) is 0 Å². The third-order valence-corrected chi connectivity index (χ3v) is 4.19. The summed E-state index contributed by atoms with van der Waals surface area (Å²) in [5, 5.41) is 0. The molecule has 0 spiro atoms. The van der Waals surface area contributed by atoms with E-state index in [-0.39, 0.29) is 0 Å². The Morgan fingerprint density at radius 2 is 1.90 bits per heavy atom. The van der Waals surface area contributed by atoms with E-state index in [0.717, 1.165) is 12.8 Å². The third kappa shape index (κ3) is 2.70. The second-order valence-electron chi connectivity index (χ2n) is 5.90. The minimum Gasteiger partial charge on any atom is -0.0836 e. The maximum Gasteiger partial charge on any atom is -0.0152 e. The van der Waals surface area contributed by atoms with Crippen molar-refractivity contribution in [3.05, 3.63) is 71.3 Å². The fourth-order valence-corrected chi connectivity index (χ4v) is 2.87. The molecule has 0 nitrogen and oxygen atoms in total. The number of hydrogen-bond donors (Lipinski definition) is 0. The molecule has 0 aliphatic heterocycles. The van der Waals surface area contributed by atoms with Gasteiger partial charge in [-0.05, 0) is 66.0 Å². The summed E-state index contributed by atoms with van der Waals surface area (Å²) in [5.74, 6) is 0.674. The molecule has 0 fully saturated rings. The number of aryl methyl sites for hydroxylation is 1. The van der Waals surface area contributed by atoms with Gasteiger partial charge in [-0.2, -0.15) is 0 Å². The number of rotatable bonds is 2. The maximum absolute atomic E-state index is 2.37. The monoisotopic (exact) mass is 262 g/mol. The van der Waals surface area contributed by atoms with Crippen LogP contribution < -0.4 is 0 Å². The number of benzene rings is 1. The van der Waals surface area contributed by atoms with Crippen molar-refractivity contribution in [3.8, 4) is 0 Å². The van der Waals surface area contributed by atoms with Gasteiger partial charge >= 0.3 is 0 Å². The highest BCUT2D eigenvalue weighted by Crippen LogP contribution is 2.30. The molecular weight excluding hydrogens is 240 g/mol. The standard InChI is InChI=1S/C20H22/c1-15-8-11-17(12-9-15)19-13-10-16(2)20(14-19)18-6-4-3-5-7-18/h4,6-8,10-15H,3,5,9H2,1-2H3. The fourth-order valence-electron chi connectivity index (χ4n) is 2.87. The third-order valence-electron chi connectivity index (χ3n) is 4.19. The molecule has 1 unspecified atom stereocenters. The van der Waals surface area contributed by atoms with Gasteiger partial charge in [0.25, 0.3) is 0 Å². The van der Waals surface area contributed by atoms with Crippen molar-refractivity contribution in [3.63, 3.8) is 0 Å². The van der Waals surface area contributed by atoms with Crippen LogP contribution in [0, 0.1) is 12.8 Å². The summed E-state index contributed by atoms with van der Waals surface area (Å²) in [7, 11) is 0. The van der Waals surface area contributed by atoms with Crippen LogP contribution in [0.15, 0.2) is 54.7 Å². The van der Waals surface area contributed by atoms with Gasteiger partial charge in [-0.25, -0.2) is 0 Å². The maximum atomic E-state index is 2.37. The van der Waals surface area contributed by atoms with E-state index in [4.69, 9.17) is 0 Å². The molecule has 2 aliphatic rings. The minimum atomic E-state index is 0.674. The van der Waals surface area contributed by atoms with Crippen molar-refractivity contribution in [2.24, 2.45) is 5.92 Å². The van der Waals surface area contributed by atoms with E-state index in [1.807, 2.05) is 0 Å². The summed E-state index contributed by atoms with van der Waals surface area (Å²) in [6.45, 7) is 4.47. The highest BCUT2D eigenvalue weighted by Gasteiger charge is 2.09. The summed E-state index contributed by atoms with van der Waals surface area (Å²) in [6.07, 6.45) is 17.3. The molecule has 0 N–H and O–H groups in total. The first kappa shape index (κ1) is 13.2. The van der Waals surface area contributed by atoms with Crippen LogP contribution in [0.2, 0.25) is 0 Å². The van der Waals surface area contributed by atoms with E-state index in [2.05, 4.69) is 68.5 Å². The van der Waals surface area contributed by atoms with Gasteiger partial charge < -0.3 is 0 Å². The van der Waals surface area contributed by atoms with Crippen LogP contribution in [-0.2, 0) is 0 Å². The highest BCUT2D eigenvalue weighted by atomic mass is 14.1. The predicted molar refractivity (Wildman–Crippen MR) is 88.4 cm³/mol. The molecule has 1 atom stereocenters. The van der Waals surface area contributed by atoms with E-state index in [1.54, 1.807) is 0 Å². The second kappa shape index (κ2) is 5.66. The first-order chi connectivity index (χ1) is 9.74. The minimum absolute atomic E-state index is 0.674. The zero-order valence-electron chi connectivity index (χ0n) is 12.4. The molecule has 1 aromatic carbocycles. The summed E-state index contributed by atoms with van der Waals surface area (Å²) in [5.41, 5.74) is 6.83. The van der Waals surface area contributed by atoms with Crippen molar-refractivity contribution < 1.29 is 0 Å². The molecule has 2 aliphatic carbocycles. The summed E-state index contributed by atoms with van der Waals surface area (Å²) in [6, 6.07) is 6.85. The van der Waals surface area contributed by atoms with Crippen molar-refractivity contribution in [2.75, 3.05) is 0 Å². The van der Waals surface area contributed by atoms with E-state index < -0.39 is 0 Å². The van der Waals surface area contributed by atoms with Crippen LogP contribution in [0.3, 0.4) is 0 Å². The Kier molecular flexibility index (Phi) is 3.73. The highest BCUT2D eigenvalue weighted by molar-refractivity contribution is 5.82. The smallest absolute Gasteiger partial charge is 0.0152 e. The Hall–Kier alpha value is -1.82. The summed E-state index contributed by atoms with van der Waals surface area (Å²) < 4.78 is 0. The molecule has 0 saturated carbocycles. The quantitative estimate of drug-likeness (QED) is 0.640. The van der Waals surface area contributed by atoms with Gasteiger partial charge in [-0.3, -0.25) is 0 Å². The molecule has 102 valence electrons. The molecule has 1 aromatic rings. The van der Waals surface area contributed by atoms with Crippen LogP contribution in [0.1, 0.15) is 42.9 Å². The van der Waals surface area contributed by atoms with Crippen molar-refractivity contribution in [1.82, 2.24) is 0 Å². The van der Waals surface area contributed by atoms with Gasteiger partial charge in [0, 0.05) is 0 Å². The van der Waals surface area contributed by atoms with E-state index in [9.17, 15) is 0 Å². The average molecular weight is 262 g/mol. The van der Waals surface area contributed by atoms with Crippen LogP contribution in [-0.4, -0.2) is 0 Å². The Morgan fingerprint density at radius 3 is 2.60 bits per heavy atom. The molecule has 20 heavy (non-hydrogen) atoms. The lowest BCUT2D eigenvalue weighted by molar-refractivity contribution is 0.739. The largest absolute Gasteiger partial charge is 0.0836 e. The molecule has 0 aromatic heterocycles. The summed E-state index contributed by atoms with van der Waals surface area (Å²) in [4.78, 5) is 0. The lowest BCUT2D eigenvalue weighted by atomic mass is 9.89. The van der Waals surface area contributed by atoms with Crippen molar-refractivity contribution >= 4 is 11.1 Å². The zero-order valence-corrected chi connectivity index (χ0v) is 12.4. The first-order valence-electron chi connectivity index (χ1n) is 7.60. The van der Waals surface area contributed by atoms with Gasteiger partial charge in [-0.1, -0.05) is 55.5 Å². The van der Waals surface area contributed by atoms with Crippen LogP contribution in [0.4, 0.5) is 0 Å². The molecule has 0 bridgehead atoms.